The van der Waals surface area contributed by atoms with E-state index in [2.05, 4.69) is 30.5 Å². The molecule has 0 bridgehead atoms. The van der Waals surface area contributed by atoms with Crippen LogP contribution >= 0.6 is 11.8 Å². The Bertz CT molecular complexity index is 841. The van der Waals surface area contributed by atoms with Gasteiger partial charge in [0, 0.05) is 43.6 Å². The number of hydrogen-bond acceptors (Lipinski definition) is 3. The van der Waals surface area contributed by atoms with E-state index in [1.165, 1.54) is 4.90 Å². The van der Waals surface area contributed by atoms with Crippen molar-refractivity contribution in [3.8, 4) is 0 Å². The first-order chi connectivity index (χ1) is 14.1. The second-order valence-corrected chi connectivity index (χ2v) is 8.27. The average Bonchev–Trinajstić information content (AvgIpc) is 2.78. The van der Waals surface area contributed by atoms with Crippen molar-refractivity contribution in [3.05, 3.63) is 71.8 Å². The second-order valence-electron chi connectivity index (χ2n) is 7.39. The van der Waals surface area contributed by atoms with E-state index < -0.39 is 0 Å². The Hall–Kier alpha value is -2.53. The van der Waals surface area contributed by atoms with Crippen molar-refractivity contribution in [1.82, 2.24) is 9.80 Å². The van der Waals surface area contributed by atoms with Crippen LogP contribution in [-0.4, -0.2) is 48.0 Å². The first kappa shape index (κ1) is 21.2. The monoisotopic (exact) mass is 408 g/mol. The molecule has 1 heterocycles. The summed E-state index contributed by atoms with van der Waals surface area (Å²) in [7, 11) is 1.87. The van der Waals surface area contributed by atoms with Gasteiger partial charge in [0.05, 0.1) is 0 Å². The highest BCUT2D eigenvalue weighted by atomic mass is 32.2. The van der Waals surface area contributed by atoms with Crippen molar-refractivity contribution in [2.24, 2.45) is 5.92 Å². The van der Waals surface area contributed by atoms with Gasteiger partial charge in [-0.3, -0.25) is 9.59 Å². The van der Waals surface area contributed by atoms with Gasteiger partial charge in [-0.15, -0.1) is 11.8 Å². The Morgan fingerprint density at radius 1 is 1.07 bits per heavy atom. The van der Waals surface area contributed by atoms with Crippen LogP contribution < -0.4 is 0 Å². The number of benzene rings is 2. The van der Waals surface area contributed by atoms with Gasteiger partial charge < -0.3 is 9.80 Å². The summed E-state index contributed by atoms with van der Waals surface area (Å²) >= 11 is 1.71. The third kappa shape index (κ3) is 5.97. The largest absolute Gasteiger partial charge is 0.341 e. The van der Waals surface area contributed by atoms with Gasteiger partial charge in [0.25, 0.3) is 0 Å². The van der Waals surface area contributed by atoms with E-state index in [0.29, 0.717) is 19.6 Å². The zero-order valence-electron chi connectivity index (χ0n) is 17.1. The predicted molar refractivity (Wildman–Crippen MR) is 119 cm³/mol. The minimum atomic E-state index is -0.00683. The quantitative estimate of drug-likeness (QED) is 0.528. The molecular weight excluding hydrogens is 380 g/mol. The van der Waals surface area contributed by atoms with Crippen molar-refractivity contribution in [1.29, 1.82) is 0 Å². The number of likely N-dealkylation sites (tertiary alicyclic amines) is 1. The van der Waals surface area contributed by atoms with E-state index in [0.717, 1.165) is 24.0 Å². The van der Waals surface area contributed by atoms with Crippen LogP contribution in [-0.2, 0) is 16.1 Å². The molecule has 0 radical (unpaired) electrons. The Labute approximate surface area is 177 Å². The standard InChI is InChI=1S/C24H28N2O2S/c1-25(18-20-8-11-22(29-2)12-9-20)24(28)21-14-16-26(17-15-21)23(27)13-10-19-6-4-3-5-7-19/h3-13,21H,14-18H2,1-2H3/b13-10+. The molecule has 2 aromatic carbocycles. The smallest absolute Gasteiger partial charge is 0.246 e. The second kappa shape index (κ2) is 10.3. The topological polar surface area (TPSA) is 40.6 Å². The first-order valence-electron chi connectivity index (χ1n) is 9.97. The molecule has 1 aliphatic heterocycles. The highest BCUT2D eigenvalue weighted by Crippen LogP contribution is 2.21. The normalized spacial score (nSPS) is 14.9. The molecule has 4 nitrogen and oxygen atoms in total. The summed E-state index contributed by atoms with van der Waals surface area (Å²) in [6.45, 7) is 1.88. The zero-order valence-corrected chi connectivity index (χ0v) is 17.9. The summed E-state index contributed by atoms with van der Waals surface area (Å²) < 4.78 is 0. The molecule has 0 aliphatic carbocycles. The van der Waals surface area contributed by atoms with Gasteiger partial charge in [0.15, 0.2) is 0 Å². The Balaban J connectivity index is 1.48. The van der Waals surface area contributed by atoms with Crippen LogP contribution in [0.4, 0.5) is 0 Å². The number of carbonyl (C=O) groups excluding carboxylic acids is 2. The van der Waals surface area contributed by atoms with Crippen molar-refractivity contribution in [2.45, 2.75) is 24.3 Å². The molecule has 0 atom stereocenters. The van der Waals surface area contributed by atoms with Crippen LogP contribution in [0, 0.1) is 5.92 Å². The van der Waals surface area contributed by atoms with Crippen molar-refractivity contribution in [2.75, 3.05) is 26.4 Å². The maximum absolute atomic E-state index is 12.8. The Morgan fingerprint density at radius 2 is 1.72 bits per heavy atom. The molecule has 1 fully saturated rings. The molecule has 3 rings (SSSR count). The van der Waals surface area contributed by atoms with Crippen LogP contribution in [0.5, 0.6) is 0 Å². The van der Waals surface area contributed by atoms with Gasteiger partial charge in [-0.2, -0.15) is 0 Å². The first-order valence-corrected chi connectivity index (χ1v) is 11.2. The van der Waals surface area contributed by atoms with Gasteiger partial charge in [-0.25, -0.2) is 0 Å². The summed E-state index contributed by atoms with van der Waals surface area (Å²) in [4.78, 5) is 30.1. The fourth-order valence-corrected chi connectivity index (χ4v) is 3.99. The molecule has 0 spiro atoms. The van der Waals surface area contributed by atoms with Crippen molar-refractivity contribution < 1.29 is 9.59 Å². The van der Waals surface area contributed by atoms with Gasteiger partial charge >= 0.3 is 0 Å². The SMILES string of the molecule is CSc1ccc(CN(C)C(=O)C2CCN(C(=O)/C=C/c3ccccc3)CC2)cc1. The summed E-state index contributed by atoms with van der Waals surface area (Å²) in [5.74, 6) is 0.181. The number of rotatable bonds is 6. The zero-order chi connectivity index (χ0) is 20.6. The highest BCUT2D eigenvalue weighted by Gasteiger charge is 2.28. The van der Waals surface area contributed by atoms with Gasteiger partial charge in [-0.1, -0.05) is 42.5 Å². The van der Waals surface area contributed by atoms with E-state index in [1.54, 1.807) is 17.8 Å². The van der Waals surface area contributed by atoms with Crippen LogP contribution in [0.1, 0.15) is 24.0 Å². The minimum Gasteiger partial charge on any atom is -0.341 e. The number of thioether (sulfide) groups is 1. The molecule has 152 valence electrons. The predicted octanol–water partition coefficient (Wildman–Crippen LogP) is 4.32. The summed E-state index contributed by atoms with van der Waals surface area (Å²) in [6.07, 6.45) is 6.97. The molecule has 0 saturated carbocycles. The summed E-state index contributed by atoms with van der Waals surface area (Å²) in [5, 5.41) is 0. The number of piperidine rings is 1. The van der Waals surface area contributed by atoms with E-state index in [1.807, 2.05) is 53.3 Å². The molecule has 5 heteroatoms. The molecule has 2 aromatic rings. The van der Waals surface area contributed by atoms with Crippen LogP contribution in [0.2, 0.25) is 0 Å². The Morgan fingerprint density at radius 3 is 2.34 bits per heavy atom. The lowest BCUT2D eigenvalue weighted by atomic mass is 9.95. The number of amides is 2. The molecule has 0 N–H and O–H groups in total. The molecular formula is C24H28N2O2S. The number of hydrogen-bond donors (Lipinski definition) is 0. The lowest BCUT2D eigenvalue weighted by molar-refractivity contribution is -0.138. The molecule has 0 unspecified atom stereocenters. The molecule has 1 saturated heterocycles. The average molecular weight is 409 g/mol. The van der Waals surface area contributed by atoms with Crippen molar-refractivity contribution in [3.63, 3.8) is 0 Å². The van der Waals surface area contributed by atoms with E-state index in [4.69, 9.17) is 0 Å². The van der Waals surface area contributed by atoms with Gasteiger partial charge in [0.1, 0.15) is 0 Å². The third-order valence-electron chi connectivity index (χ3n) is 5.33. The fourth-order valence-electron chi connectivity index (χ4n) is 3.58. The fraction of sp³-hybridized carbons (Fsp3) is 0.333. The minimum absolute atomic E-state index is 0.00683. The summed E-state index contributed by atoms with van der Waals surface area (Å²) in [6, 6.07) is 18.1. The van der Waals surface area contributed by atoms with E-state index in [9.17, 15) is 9.59 Å². The lowest BCUT2D eigenvalue weighted by Gasteiger charge is -2.32. The maximum atomic E-state index is 12.8. The molecule has 0 aromatic heterocycles. The Kier molecular flexibility index (Phi) is 7.53. The molecule has 2 amide bonds. The van der Waals surface area contributed by atoms with Gasteiger partial charge in [-0.05, 0) is 48.4 Å². The highest BCUT2D eigenvalue weighted by molar-refractivity contribution is 7.98. The summed E-state index contributed by atoms with van der Waals surface area (Å²) in [5.41, 5.74) is 2.15. The van der Waals surface area contributed by atoms with Gasteiger partial charge in [0.2, 0.25) is 11.8 Å². The van der Waals surface area contributed by atoms with E-state index >= 15 is 0 Å². The number of carbonyl (C=O) groups is 2. The van der Waals surface area contributed by atoms with Crippen LogP contribution in [0.15, 0.2) is 65.6 Å². The van der Waals surface area contributed by atoms with Crippen LogP contribution in [0.25, 0.3) is 6.08 Å². The van der Waals surface area contributed by atoms with Crippen molar-refractivity contribution >= 4 is 29.7 Å². The molecule has 1 aliphatic rings. The third-order valence-corrected chi connectivity index (χ3v) is 6.07. The van der Waals surface area contributed by atoms with Crippen LogP contribution in [0.3, 0.4) is 0 Å². The lowest BCUT2D eigenvalue weighted by Crippen LogP contribution is -2.42. The number of nitrogens with zero attached hydrogens (tertiary/aromatic N) is 2. The molecule has 29 heavy (non-hydrogen) atoms. The maximum Gasteiger partial charge on any atom is 0.246 e. The van der Waals surface area contributed by atoms with E-state index in [-0.39, 0.29) is 17.7 Å².